The van der Waals surface area contributed by atoms with E-state index in [1.807, 2.05) is 58.8 Å². The number of carbonyl (C=O) groups is 1. The number of hydrogen-bond acceptors (Lipinski definition) is 4. The van der Waals surface area contributed by atoms with Crippen molar-refractivity contribution in [3.63, 3.8) is 0 Å². The molecule has 1 aromatic heterocycles. The highest BCUT2D eigenvalue weighted by atomic mass is 35.5. The second-order valence-corrected chi connectivity index (χ2v) is 8.30. The Morgan fingerprint density at radius 2 is 2.00 bits per heavy atom. The standard InChI is InChI=1S/C23H25ClN2O2S/c1-3-17(2)26(23(27)12-18-8-5-4-6-9-18)14-20-16-29-22(25-20)15-28-21-11-7-10-19(24)13-21/h4-11,13,16-17H,3,12,14-15H2,1-2H3/t17-/m0/s1. The van der Waals surface area contributed by atoms with Gasteiger partial charge in [0, 0.05) is 16.4 Å². The normalized spacial score (nSPS) is 11.8. The first-order valence-electron chi connectivity index (χ1n) is 9.70. The van der Waals surface area contributed by atoms with Crippen LogP contribution in [0.3, 0.4) is 0 Å². The summed E-state index contributed by atoms with van der Waals surface area (Å²) in [6, 6.07) is 17.3. The average molecular weight is 429 g/mol. The van der Waals surface area contributed by atoms with Gasteiger partial charge < -0.3 is 9.64 Å². The molecule has 29 heavy (non-hydrogen) atoms. The number of aromatic nitrogens is 1. The molecule has 0 unspecified atom stereocenters. The third-order valence-corrected chi connectivity index (χ3v) is 5.84. The summed E-state index contributed by atoms with van der Waals surface area (Å²) in [5.74, 6) is 0.837. The molecule has 6 heteroatoms. The molecule has 0 spiro atoms. The van der Waals surface area contributed by atoms with Crippen LogP contribution in [0.1, 0.15) is 36.5 Å². The number of benzene rings is 2. The molecular weight excluding hydrogens is 404 g/mol. The van der Waals surface area contributed by atoms with E-state index in [-0.39, 0.29) is 11.9 Å². The van der Waals surface area contributed by atoms with Gasteiger partial charge in [0.25, 0.3) is 0 Å². The maximum Gasteiger partial charge on any atom is 0.227 e. The third kappa shape index (κ3) is 6.31. The predicted octanol–water partition coefficient (Wildman–Crippen LogP) is 5.75. The van der Waals surface area contributed by atoms with Crippen LogP contribution in [-0.2, 0) is 24.4 Å². The molecule has 1 atom stereocenters. The van der Waals surface area contributed by atoms with Crippen molar-refractivity contribution in [2.75, 3.05) is 0 Å². The van der Waals surface area contributed by atoms with Crippen LogP contribution in [0, 0.1) is 0 Å². The molecule has 0 fully saturated rings. The van der Waals surface area contributed by atoms with Crippen LogP contribution < -0.4 is 4.74 Å². The lowest BCUT2D eigenvalue weighted by atomic mass is 10.1. The number of halogens is 1. The number of nitrogens with zero attached hydrogens (tertiary/aromatic N) is 2. The Hall–Kier alpha value is -2.37. The summed E-state index contributed by atoms with van der Waals surface area (Å²) in [7, 11) is 0. The van der Waals surface area contributed by atoms with Gasteiger partial charge in [-0.3, -0.25) is 4.79 Å². The highest BCUT2D eigenvalue weighted by molar-refractivity contribution is 7.09. The van der Waals surface area contributed by atoms with E-state index in [1.54, 1.807) is 17.4 Å². The molecule has 0 aliphatic carbocycles. The molecular formula is C23H25ClN2O2S. The van der Waals surface area contributed by atoms with E-state index in [2.05, 4.69) is 18.8 Å². The van der Waals surface area contributed by atoms with Gasteiger partial charge in [0.15, 0.2) is 0 Å². The Balaban J connectivity index is 1.63. The number of rotatable bonds is 9. The number of ether oxygens (including phenoxy) is 1. The molecule has 1 amide bonds. The Bertz CT molecular complexity index is 929. The quantitative estimate of drug-likeness (QED) is 0.436. The molecule has 152 valence electrons. The molecule has 0 saturated carbocycles. The van der Waals surface area contributed by atoms with Gasteiger partial charge in [-0.1, -0.05) is 54.9 Å². The van der Waals surface area contributed by atoms with E-state index in [0.717, 1.165) is 22.7 Å². The monoisotopic (exact) mass is 428 g/mol. The molecule has 0 saturated heterocycles. The zero-order valence-electron chi connectivity index (χ0n) is 16.7. The van der Waals surface area contributed by atoms with Crippen molar-refractivity contribution < 1.29 is 9.53 Å². The van der Waals surface area contributed by atoms with E-state index in [0.29, 0.717) is 30.3 Å². The summed E-state index contributed by atoms with van der Waals surface area (Å²) in [6.45, 7) is 5.07. The summed E-state index contributed by atoms with van der Waals surface area (Å²) in [4.78, 5) is 19.5. The van der Waals surface area contributed by atoms with Crippen LogP contribution in [-0.4, -0.2) is 21.8 Å². The van der Waals surface area contributed by atoms with Gasteiger partial charge in [0.05, 0.1) is 18.7 Å². The molecule has 2 aromatic carbocycles. The van der Waals surface area contributed by atoms with Gasteiger partial charge in [0.2, 0.25) is 5.91 Å². The topological polar surface area (TPSA) is 42.4 Å². The zero-order chi connectivity index (χ0) is 20.6. The van der Waals surface area contributed by atoms with Crippen molar-refractivity contribution in [3.8, 4) is 5.75 Å². The summed E-state index contributed by atoms with van der Waals surface area (Å²) in [5, 5.41) is 3.52. The maximum absolute atomic E-state index is 12.9. The fraction of sp³-hybridized carbons (Fsp3) is 0.304. The van der Waals surface area contributed by atoms with Crippen molar-refractivity contribution in [2.24, 2.45) is 0 Å². The minimum atomic E-state index is 0.121. The summed E-state index contributed by atoms with van der Waals surface area (Å²) >= 11 is 7.53. The molecule has 3 aromatic rings. The summed E-state index contributed by atoms with van der Waals surface area (Å²) in [5.41, 5.74) is 1.92. The predicted molar refractivity (Wildman–Crippen MR) is 118 cm³/mol. The lowest BCUT2D eigenvalue weighted by Gasteiger charge is -2.28. The molecule has 0 N–H and O–H groups in total. The smallest absolute Gasteiger partial charge is 0.227 e. The Labute approximate surface area is 181 Å². The van der Waals surface area contributed by atoms with Gasteiger partial charge in [-0.2, -0.15) is 0 Å². The van der Waals surface area contributed by atoms with E-state index >= 15 is 0 Å². The van der Waals surface area contributed by atoms with Gasteiger partial charge in [-0.15, -0.1) is 11.3 Å². The first kappa shape index (κ1) is 21.3. The zero-order valence-corrected chi connectivity index (χ0v) is 18.2. The SMILES string of the molecule is CC[C@H](C)N(Cc1csc(COc2cccc(Cl)c2)n1)C(=O)Cc1ccccc1. The van der Waals surface area contributed by atoms with Crippen LogP contribution in [0.15, 0.2) is 60.0 Å². The van der Waals surface area contributed by atoms with Crippen LogP contribution in [0.4, 0.5) is 0 Å². The Kier molecular flexibility index (Phi) is 7.67. The Morgan fingerprint density at radius 1 is 1.21 bits per heavy atom. The van der Waals surface area contributed by atoms with Crippen LogP contribution in [0.5, 0.6) is 5.75 Å². The number of carbonyl (C=O) groups excluding carboxylic acids is 1. The number of amides is 1. The maximum atomic E-state index is 12.9. The third-order valence-electron chi connectivity index (χ3n) is 4.73. The second-order valence-electron chi connectivity index (χ2n) is 6.92. The molecule has 0 aliphatic heterocycles. The van der Waals surface area contributed by atoms with E-state index < -0.39 is 0 Å². The van der Waals surface area contributed by atoms with Crippen molar-refractivity contribution in [2.45, 2.75) is 45.9 Å². The molecule has 0 bridgehead atoms. The van der Waals surface area contributed by atoms with Crippen molar-refractivity contribution in [1.29, 1.82) is 0 Å². The number of hydrogen-bond donors (Lipinski definition) is 0. The lowest BCUT2D eigenvalue weighted by molar-refractivity contribution is -0.133. The highest BCUT2D eigenvalue weighted by Gasteiger charge is 2.20. The van der Waals surface area contributed by atoms with Gasteiger partial charge in [-0.05, 0) is 37.1 Å². The van der Waals surface area contributed by atoms with E-state index in [1.165, 1.54) is 0 Å². The minimum Gasteiger partial charge on any atom is -0.486 e. The highest BCUT2D eigenvalue weighted by Crippen LogP contribution is 2.20. The van der Waals surface area contributed by atoms with Crippen molar-refractivity contribution in [3.05, 3.63) is 81.3 Å². The van der Waals surface area contributed by atoms with Crippen molar-refractivity contribution in [1.82, 2.24) is 9.88 Å². The average Bonchev–Trinajstić information content (AvgIpc) is 3.18. The molecule has 0 aliphatic rings. The lowest BCUT2D eigenvalue weighted by Crippen LogP contribution is -2.38. The molecule has 4 nitrogen and oxygen atoms in total. The van der Waals surface area contributed by atoms with Gasteiger partial charge in [0.1, 0.15) is 17.4 Å². The number of thiazole rings is 1. The first-order chi connectivity index (χ1) is 14.0. The van der Waals surface area contributed by atoms with Gasteiger partial charge >= 0.3 is 0 Å². The fourth-order valence-electron chi connectivity index (χ4n) is 2.95. The van der Waals surface area contributed by atoms with Gasteiger partial charge in [-0.25, -0.2) is 4.98 Å². The first-order valence-corrected chi connectivity index (χ1v) is 11.0. The Morgan fingerprint density at radius 3 is 2.72 bits per heavy atom. The van der Waals surface area contributed by atoms with Crippen LogP contribution >= 0.6 is 22.9 Å². The largest absolute Gasteiger partial charge is 0.486 e. The molecule has 1 heterocycles. The second kappa shape index (κ2) is 10.4. The van der Waals surface area contributed by atoms with E-state index in [9.17, 15) is 4.79 Å². The fourth-order valence-corrected chi connectivity index (χ4v) is 3.82. The van der Waals surface area contributed by atoms with Crippen molar-refractivity contribution >= 4 is 28.8 Å². The van der Waals surface area contributed by atoms with E-state index in [4.69, 9.17) is 16.3 Å². The molecule has 3 rings (SSSR count). The van der Waals surface area contributed by atoms with Crippen LogP contribution in [0.25, 0.3) is 0 Å². The molecule has 0 radical (unpaired) electrons. The minimum absolute atomic E-state index is 0.121. The van der Waals surface area contributed by atoms with Crippen LogP contribution in [0.2, 0.25) is 5.02 Å². The summed E-state index contributed by atoms with van der Waals surface area (Å²) < 4.78 is 5.77. The summed E-state index contributed by atoms with van der Waals surface area (Å²) in [6.07, 6.45) is 1.30.